The molecule has 1 aliphatic heterocycles. The molecule has 2 rings (SSSR count). The molecule has 0 spiro atoms. The number of nitrogens with one attached hydrogen (secondary N) is 1. The smallest absolute Gasteiger partial charge is 0.136 e. The van der Waals surface area contributed by atoms with Gasteiger partial charge in [0.1, 0.15) is 6.29 Å². The summed E-state index contributed by atoms with van der Waals surface area (Å²) in [6, 6.07) is 0.852. The van der Waals surface area contributed by atoms with Crippen molar-refractivity contribution in [3.63, 3.8) is 0 Å². The molecule has 1 aliphatic carbocycles. The van der Waals surface area contributed by atoms with Crippen LogP contribution in [0.4, 0.5) is 0 Å². The predicted octanol–water partition coefficient (Wildman–Crippen LogP) is 0.716. The normalized spacial score (nSPS) is 45.4. The van der Waals surface area contributed by atoms with Gasteiger partial charge in [0.2, 0.25) is 0 Å². The van der Waals surface area contributed by atoms with Gasteiger partial charge in [0.15, 0.2) is 0 Å². The minimum absolute atomic E-state index is 0.176. The third-order valence-corrected chi connectivity index (χ3v) is 2.81. The summed E-state index contributed by atoms with van der Waals surface area (Å²) in [5.74, 6) is 0.815. The summed E-state index contributed by atoms with van der Waals surface area (Å²) in [7, 11) is 0. The van der Waals surface area contributed by atoms with Crippen LogP contribution < -0.4 is 5.32 Å². The maximum atomic E-state index is 10.4. The van der Waals surface area contributed by atoms with Gasteiger partial charge >= 0.3 is 0 Å². The molecule has 0 aromatic carbocycles. The molecule has 0 aromatic rings. The standard InChI is InChI=1S/C8H13NO/c10-5-7-4-6-2-1-3-8(6)9-7/h5-9H,1-4H2. The van der Waals surface area contributed by atoms with Crippen LogP contribution in [0.5, 0.6) is 0 Å². The Morgan fingerprint density at radius 2 is 2.30 bits per heavy atom. The second kappa shape index (κ2) is 2.35. The van der Waals surface area contributed by atoms with E-state index in [2.05, 4.69) is 5.32 Å². The topological polar surface area (TPSA) is 29.1 Å². The van der Waals surface area contributed by atoms with E-state index in [9.17, 15) is 4.79 Å². The fourth-order valence-electron chi connectivity index (χ4n) is 2.30. The molecule has 1 heterocycles. The molecule has 2 aliphatic rings. The molecule has 10 heavy (non-hydrogen) atoms. The second-order valence-electron chi connectivity index (χ2n) is 3.44. The summed E-state index contributed by atoms with van der Waals surface area (Å²) < 4.78 is 0. The van der Waals surface area contributed by atoms with Gasteiger partial charge in [-0.2, -0.15) is 0 Å². The highest BCUT2D eigenvalue weighted by atomic mass is 16.1. The number of hydrogen-bond acceptors (Lipinski definition) is 2. The van der Waals surface area contributed by atoms with E-state index in [1.165, 1.54) is 19.3 Å². The van der Waals surface area contributed by atoms with Crippen molar-refractivity contribution in [2.75, 3.05) is 0 Å². The molecular formula is C8H13NO. The number of carbonyl (C=O) groups is 1. The number of hydrogen-bond donors (Lipinski definition) is 1. The Bertz CT molecular complexity index is 134. The van der Waals surface area contributed by atoms with E-state index in [4.69, 9.17) is 0 Å². The lowest BCUT2D eigenvalue weighted by Gasteiger charge is -2.06. The van der Waals surface area contributed by atoms with E-state index < -0.39 is 0 Å². The van der Waals surface area contributed by atoms with Crippen LogP contribution in [0.2, 0.25) is 0 Å². The first-order valence-electron chi connectivity index (χ1n) is 4.11. The van der Waals surface area contributed by atoms with Crippen LogP contribution in [-0.4, -0.2) is 18.4 Å². The molecule has 0 amide bonds. The maximum absolute atomic E-state index is 10.4. The van der Waals surface area contributed by atoms with Gasteiger partial charge in [0, 0.05) is 6.04 Å². The third kappa shape index (κ3) is 0.870. The van der Waals surface area contributed by atoms with Crippen molar-refractivity contribution in [1.29, 1.82) is 0 Å². The zero-order chi connectivity index (χ0) is 6.97. The molecule has 3 unspecified atom stereocenters. The first kappa shape index (κ1) is 6.35. The van der Waals surface area contributed by atoms with Crippen LogP contribution in [0.15, 0.2) is 0 Å². The molecule has 2 heteroatoms. The van der Waals surface area contributed by atoms with E-state index in [-0.39, 0.29) is 6.04 Å². The van der Waals surface area contributed by atoms with Gasteiger partial charge < -0.3 is 10.1 Å². The zero-order valence-corrected chi connectivity index (χ0v) is 6.05. The van der Waals surface area contributed by atoms with Crippen LogP contribution in [0.3, 0.4) is 0 Å². The minimum atomic E-state index is 0.176. The Kier molecular flexibility index (Phi) is 1.49. The monoisotopic (exact) mass is 139 g/mol. The van der Waals surface area contributed by atoms with E-state index in [1.807, 2.05) is 0 Å². The van der Waals surface area contributed by atoms with E-state index in [1.54, 1.807) is 0 Å². The summed E-state index contributed by atoms with van der Waals surface area (Å²) in [6.07, 6.45) is 6.12. The Morgan fingerprint density at radius 1 is 1.40 bits per heavy atom. The molecule has 0 aromatic heterocycles. The van der Waals surface area contributed by atoms with Gasteiger partial charge in [-0.25, -0.2) is 0 Å². The van der Waals surface area contributed by atoms with Crippen LogP contribution in [0.1, 0.15) is 25.7 Å². The lowest BCUT2D eigenvalue weighted by Crippen LogP contribution is -2.29. The van der Waals surface area contributed by atoms with Crippen molar-refractivity contribution < 1.29 is 4.79 Å². The highest BCUT2D eigenvalue weighted by Gasteiger charge is 2.36. The largest absolute Gasteiger partial charge is 0.305 e. The van der Waals surface area contributed by atoms with Crippen LogP contribution >= 0.6 is 0 Å². The molecule has 1 saturated carbocycles. The van der Waals surface area contributed by atoms with E-state index >= 15 is 0 Å². The number of aldehydes is 1. The van der Waals surface area contributed by atoms with Gasteiger partial charge in [-0.1, -0.05) is 6.42 Å². The summed E-state index contributed by atoms with van der Waals surface area (Å²) in [6.45, 7) is 0. The van der Waals surface area contributed by atoms with E-state index in [0.29, 0.717) is 6.04 Å². The van der Waals surface area contributed by atoms with Crippen LogP contribution in [0, 0.1) is 5.92 Å². The molecule has 56 valence electrons. The first-order chi connectivity index (χ1) is 4.90. The molecule has 0 bridgehead atoms. The lowest BCUT2D eigenvalue weighted by molar-refractivity contribution is -0.109. The van der Waals surface area contributed by atoms with Crippen LogP contribution in [0.25, 0.3) is 0 Å². The first-order valence-corrected chi connectivity index (χ1v) is 4.11. The molecule has 2 nitrogen and oxygen atoms in total. The minimum Gasteiger partial charge on any atom is -0.305 e. The number of rotatable bonds is 1. The molecule has 0 radical (unpaired) electrons. The molecular weight excluding hydrogens is 126 g/mol. The third-order valence-electron chi connectivity index (χ3n) is 2.81. The second-order valence-corrected chi connectivity index (χ2v) is 3.44. The average Bonchev–Trinajstić information content (AvgIpc) is 2.42. The highest BCUT2D eigenvalue weighted by Crippen LogP contribution is 2.33. The Morgan fingerprint density at radius 3 is 3.00 bits per heavy atom. The Balaban J connectivity index is 1.99. The zero-order valence-electron chi connectivity index (χ0n) is 6.05. The van der Waals surface area contributed by atoms with Gasteiger partial charge in [0.25, 0.3) is 0 Å². The van der Waals surface area contributed by atoms with Gasteiger partial charge in [0.05, 0.1) is 6.04 Å². The number of carbonyl (C=O) groups excluding carboxylic acids is 1. The quantitative estimate of drug-likeness (QED) is 0.542. The van der Waals surface area contributed by atoms with Crippen molar-refractivity contribution in [2.45, 2.75) is 37.8 Å². The summed E-state index contributed by atoms with van der Waals surface area (Å²) in [4.78, 5) is 10.4. The predicted molar refractivity (Wildman–Crippen MR) is 38.7 cm³/mol. The molecule has 3 atom stereocenters. The number of fused-ring (bicyclic) bond motifs is 1. The highest BCUT2D eigenvalue weighted by molar-refractivity contribution is 5.58. The lowest BCUT2D eigenvalue weighted by atomic mass is 10.0. The summed E-state index contributed by atoms with van der Waals surface area (Å²) >= 11 is 0. The Labute approximate surface area is 61.0 Å². The molecule has 1 saturated heterocycles. The van der Waals surface area contributed by atoms with Crippen molar-refractivity contribution in [3.05, 3.63) is 0 Å². The van der Waals surface area contributed by atoms with Crippen LogP contribution in [-0.2, 0) is 4.79 Å². The molecule has 2 fully saturated rings. The van der Waals surface area contributed by atoms with Gasteiger partial charge in [-0.05, 0) is 25.2 Å². The maximum Gasteiger partial charge on any atom is 0.136 e. The summed E-state index contributed by atoms with van der Waals surface area (Å²) in [5.41, 5.74) is 0. The molecule has 1 N–H and O–H groups in total. The average molecular weight is 139 g/mol. The van der Waals surface area contributed by atoms with E-state index in [0.717, 1.165) is 18.6 Å². The summed E-state index contributed by atoms with van der Waals surface area (Å²) in [5, 5.41) is 3.33. The van der Waals surface area contributed by atoms with Crippen molar-refractivity contribution in [1.82, 2.24) is 5.32 Å². The van der Waals surface area contributed by atoms with Crippen molar-refractivity contribution >= 4 is 6.29 Å². The van der Waals surface area contributed by atoms with Crippen molar-refractivity contribution in [3.8, 4) is 0 Å². The van der Waals surface area contributed by atoms with Crippen molar-refractivity contribution in [2.24, 2.45) is 5.92 Å². The fourth-order valence-corrected chi connectivity index (χ4v) is 2.30. The Hall–Kier alpha value is -0.370. The van der Waals surface area contributed by atoms with Gasteiger partial charge in [-0.15, -0.1) is 0 Å². The fraction of sp³-hybridized carbons (Fsp3) is 0.875. The van der Waals surface area contributed by atoms with Gasteiger partial charge in [-0.3, -0.25) is 0 Å². The SMILES string of the molecule is O=CC1CC2CCCC2N1.